The Balaban J connectivity index is 2.20. The minimum atomic E-state index is -1.17. The van der Waals surface area contributed by atoms with Crippen LogP contribution in [0.15, 0.2) is 83.9 Å². The van der Waals surface area contributed by atoms with Crippen molar-refractivity contribution in [2.24, 2.45) is 4.99 Å². The van der Waals surface area contributed by atoms with Gasteiger partial charge in [-0.2, -0.15) is 0 Å². The van der Waals surface area contributed by atoms with Crippen LogP contribution in [0.5, 0.6) is 5.75 Å². The molecule has 0 aliphatic heterocycles. The minimum Gasteiger partial charge on any atom is -0.507 e. The molecule has 29 heavy (non-hydrogen) atoms. The molecule has 0 heterocycles. The summed E-state index contributed by atoms with van der Waals surface area (Å²) in [5.74, 6) is 0.0536. The smallest absolute Gasteiger partial charge is 0.168 e. The fraction of sp³-hybridized carbons (Fsp3) is 0.231. The quantitative estimate of drug-likeness (QED) is 0.578. The van der Waals surface area contributed by atoms with Crippen LogP contribution in [0, 0.1) is 0 Å². The average Bonchev–Trinajstić information content (AvgIpc) is 2.70. The first-order valence-corrected chi connectivity index (χ1v) is 9.76. The molecule has 3 aromatic rings. The monoisotopic (exact) mass is 385 g/mol. The third-order valence-corrected chi connectivity index (χ3v) is 5.18. The van der Waals surface area contributed by atoms with Gasteiger partial charge in [-0.1, -0.05) is 87.5 Å². The fourth-order valence-electron chi connectivity index (χ4n) is 3.46. The van der Waals surface area contributed by atoms with Crippen molar-refractivity contribution < 1.29 is 9.90 Å². The van der Waals surface area contributed by atoms with E-state index in [9.17, 15) is 9.90 Å². The lowest BCUT2D eigenvalue weighted by atomic mass is 9.80. The first-order valence-electron chi connectivity index (χ1n) is 9.76. The molecule has 0 saturated heterocycles. The predicted octanol–water partition coefficient (Wildman–Crippen LogP) is 5.64. The van der Waals surface area contributed by atoms with E-state index in [1.165, 1.54) is 0 Å². The number of carbonyl (C=O) groups excluding carboxylic acids is 1. The van der Waals surface area contributed by atoms with Crippen molar-refractivity contribution in [1.82, 2.24) is 0 Å². The van der Waals surface area contributed by atoms with Gasteiger partial charge in [0.15, 0.2) is 11.3 Å². The molecule has 0 unspecified atom stereocenters. The van der Waals surface area contributed by atoms with Gasteiger partial charge in [0.25, 0.3) is 0 Å². The summed E-state index contributed by atoms with van der Waals surface area (Å²) >= 11 is 0. The zero-order chi connectivity index (χ0) is 21.1. The predicted molar refractivity (Wildman–Crippen MR) is 119 cm³/mol. The van der Waals surface area contributed by atoms with E-state index < -0.39 is 5.54 Å². The maximum atomic E-state index is 13.0. The van der Waals surface area contributed by atoms with Crippen molar-refractivity contribution in [2.45, 2.75) is 38.6 Å². The highest BCUT2D eigenvalue weighted by Crippen LogP contribution is 2.35. The van der Waals surface area contributed by atoms with Crippen molar-refractivity contribution in [2.75, 3.05) is 0 Å². The molecule has 0 aliphatic rings. The van der Waals surface area contributed by atoms with Gasteiger partial charge in [-0.25, -0.2) is 0 Å². The Morgan fingerprint density at radius 3 is 1.79 bits per heavy atom. The lowest BCUT2D eigenvalue weighted by Crippen LogP contribution is -2.33. The number of phenolic OH excluding ortho intramolecular Hbond substituents is 1. The van der Waals surface area contributed by atoms with E-state index >= 15 is 0 Å². The zero-order valence-electron chi connectivity index (χ0n) is 17.4. The zero-order valence-corrected chi connectivity index (χ0v) is 17.4. The van der Waals surface area contributed by atoms with Crippen LogP contribution < -0.4 is 0 Å². The molecule has 3 heteroatoms. The van der Waals surface area contributed by atoms with Crippen molar-refractivity contribution in [1.29, 1.82) is 0 Å². The molecular weight excluding hydrogens is 358 g/mol. The van der Waals surface area contributed by atoms with Crippen LogP contribution in [0.25, 0.3) is 0 Å². The van der Waals surface area contributed by atoms with Gasteiger partial charge in [0.1, 0.15) is 5.75 Å². The molecule has 3 aromatic carbocycles. The summed E-state index contributed by atoms with van der Waals surface area (Å²) in [6.07, 6.45) is 1.62. The van der Waals surface area contributed by atoms with Gasteiger partial charge < -0.3 is 5.11 Å². The molecule has 0 fully saturated rings. The highest BCUT2D eigenvalue weighted by Gasteiger charge is 2.38. The Hall–Kier alpha value is -3.20. The van der Waals surface area contributed by atoms with E-state index in [2.05, 4.69) is 20.8 Å². The third-order valence-electron chi connectivity index (χ3n) is 5.18. The Labute approximate surface area is 172 Å². The highest BCUT2D eigenvalue weighted by molar-refractivity contribution is 5.95. The number of hydrogen-bond donors (Lipinski definition) is 1. The number of rotatable bonds is 5. The lowest BCUT2D eigenvalue weighted by molar-refractivity contribution is -0.120. The topological polar surface area (TPSA) is 49.7 Å². The van der Waals surface area contributed by atoms with Crippen molar-refractivity contribution in [3.05, 3.63) is 101 Å². The number of aromatic hydroxyl groups is 1. The number of aliphatic imine (C=N–C) groups is 1. The van der Waals surface area contributed by atoms with E-state index in [4.69, 9.17) is 4.99 Å². The molecule has 0 atom stereocenters. The summed E-state index contributed by atoms with van der Waals surface area (Å²) in [7, 11) is 0. The second-order valence-electron chi connectivity index (χ2n) is 8.28. The summed E-state index contributed by atoms with van der Waals surface area (Å²) < 4.78 is 0. The van der Waals surface area contributed by atoms with E-state index in [0.29, 0.717) is 5.56 Å². The van der Waals surface area contributed by atoms with Crippen LogP contribution in [0.2, 0.25) is 0 Å². The Bertz CT molecular complexity index is 976. The Morgan fingerprint density at radius 2 is 1.34 bits per heavy atom. The second kappa shape index (κ2) is 8.04. The van der Waals surface area contributed by atoms with Crippen LogP contribution in [0.1, 0.15) is 49.9 Å². The number of benzene rings is 3. The molecule has 0 amide bonds. The maximum Gasteiger partial charge on any atom is 0.168 e. The molecule has 3 rings (SSSR count). The average molecular weight is 386 g/mol. The van der Waals surface area contributed by atoms with Gasteiger partial charge >= 0.3 is 0 Å². The number of phenols is 1. The summed E-state index contributed by atoms with van der Waals surface area (Å²) in [4.78, 5) is 17.8. The van der Waals surface area contributed by atoms with Gasteiger partial charge in [0.2, 0.25) is 0 Å². The van der Waals surface area contributed by atoms with Crippen LogP contribution in [0.4, 0.5) is 0 Å². The Kier molecular flexibility index (Phi) is 5.69. The molecule has 0 aromatic heterocycles. The van der Waals surface area contributed by atoms with Crippen LogP contribution >= 0.6 is 0 Å². The molecule has 0 radical (unpaired) electrons. The van der Waals surface area contributed by atoms with E-state index in [1.807, 2.05) is 72.8 Å². The molecule has 0 bridgehead atoms. The number of Topliss-reactive ketones (excluding diaryl/α,β-unsaturated/α-hetero) is 1. The van der Waals surface area contributed by atoms with Gasteiger partial charge in [0.05, 0.1) is 0 Å². The van der Waals surface area contributed by atoms with E-state index in [1.54, 1.807) is 19.2 Å². The number of carbonyl (C=O) groups is 1. The normalized spacial score (nSPS) is 12.3. The van der Waals surface area contributed by atoms with Gasteiger partial charge in [-0.15, -0.1) is 0 Å². The van der Waals surface area contributed by atoms with Gasteiger partial charge in [0, 0.05) is 11.8 Å². The molecule has 1 N–H and O–H groups in total. The number of ketones is 1. The summed E-state index contributed by atoms with van der Waals surface area (Å²) in [6, 6.07) is 24.6. The van der Waals surface area contributed by atoms with Crippen molar-refractivity contribution in [3.8, 4) is 5.75 Å². The van der Waals surface area contributed by atoms with Gasteiger partial charge in [-0.05, 0) is 41.2 Å². The van der Waals surface area contributed by atoms with E-state index in [-0.39, 0.29) is 16.9 Å². The van der Waals surface area contributed by atoms with Gasteiger partial charge in [-0.3, -0.25) is 9.79 Å². The molecule has 3 nitrogen and oxygen atoms in total. The molecule has 0 spiro atoms. The summed E-state index contributed by atoms with van der Waals surface area (Å²) in [5, 5.41) is 10.4. The first kappa shape index (κ1) is 20.5. The first-order chi connectivity index (χ1) is 13.7. The van der Waals surface area contributed by atoms with Crippen LogP contribution in [-0.4, -0.2) is 17.1 Å². The Morgan fingerprint density at radius 1 is 0.828 bits per heavy atom. The highest BCUT2D eigenvalue weighted by atomic mass is 16.3. The van der Waals surface area contributed by atoms with Crippen LogP contribution in [-0.2, 0) is 15.7 Å². The largest absolute Gasteiger partial charge is 0.507 e. The minimum absolute atomic E-state index is 0.0627. The lowest BCUT2D eigenvalue weighted by Gasteiger charge is -2.28. The molecule has 0 saturated carbocycles. The van der Waals surface area contributed by atoms with Crippen molar-refractivity contribution in [3.63, 3.8) is 0 Å². The summed E-state index contributed by atoms with van der Waals surface area (Å²) in [5.41, 5.74) is 2.03. The maximum absolute atomic E-state index is 13.0. The SMILES string of the molecule is CC(=O)C(/N=C/c1cc(C(C)(C)C)ccc1O)(c1ccccc1)c1ccccc1. The number of nitrogens with zero attached hydrogens (tertiary/aromatic N) is 1. The summed E-state index contributed by atoms with van der Waals surface area (Å²) in [6.45, 7) is 7.92. The third kappa shape index (κ3) is 4.14. The van der Waals surface area contributed by atoms with Crippen molar-refractivity contribution >= 4 is 12.0 Å². The molecule has 148 valence electrons. The molecule has 0 aliphatic carbocycles. The van der Waals surface area contributed by atoms with E-state index in [0.717, 1.165) is 16.7 Å². The number of hydrogen-bond acceptors (Lipinski definition) is 3. The standard InChI is InChI=1S/C26H27NO2/c1-19(28)26(21-11-7-5-8-12-21,22-13-9-6-10-14-22)27-18-20-17-23(25(2,3)4)15-16-24(20)29/h5-18,29H,1-4H3/b27-18+. The second-order valence-corrected chi connectivity index (χ2v) is 8.28. The molecular formula is C26H27NO2. The fourth-order valence-corrected chi connectivity index (χ4v) is 3.46. The van der Waals surface area contributed by atoms with Crippen LogP contribution in [0.3, 0.4) is 0 Å².